The van der Waals surface area contributed by atoms with Crippen LogP contribution in [-0.2, 0) is 13.0 Å². The van der Waals surface area contributed by atoms with Gasteiger partial charge < -0.3 is 4.57 Å². The summed E-state index contributed by atoms with van der Waals surface area (Å²) in [5, 5.41) is 9.45. The van der Waals surface area contributed by atoms with Gasteiger partial charge in [-0.05, 0) is 42.5 Å². The largest absolute Gasteiger partial charge is 0.306 e. The molecule has 30 heavy (non-hydrogen) atoms. The summed E-state index contributed by atoms with van der Waals surface area (Å²) in [6.07, 6.45) is 1.07. The molecule has 0 N–H and O–H groups in total. The maximum atomic E-state index is 13.4. The third kappa shape index (κ3) is 5.36. The van der Waals surface area contributed by atoms with Gasteiger partial charge in [0.2, 0.25) is 0 Å². The van der Waals surface area contributed by atoms with E-state index in [-0.39, 0.29) is 17.5 Å². The maximum Gasteiger partial charge on any atom is 0.191 e. The van der Waals surface area contributed by atoms with Crippen LogP contribution in [0.25, 0.3) is 0 Å². The minimum Gasteiger partial charge on any atom is -0.306 e. The van der Waals surface area contributed by atoms with Crippen molar-refractivity contribution in [1.29, 1.82) is 0 Å². The monoisotopic (exact) mass is 425 g/mol. The first kappa shape index (κ1) is 22.2. The third-order valence-corrected chi connectivity index (χ3v) is 6.02. The summed E-state index contributed by atoms with van der Waals surface area (Å²) in [6, 6.07) is 14.5. The highest BCUT2D eigenvalue weighted by atomic mass is 32.2. The number of carbonyl (C=O) groups excluding carboxylic acids is 1. The Morgan fingerprint density at radius 3 is 2.47 bits per heavy atom. The average Bonchev–Trinajstić information content (AvgIpc) is 3.14. The Kier molecular flexibility index (Phi) is 7.43. The Hall–Kier alpha value is -2.47. The lowest BCUT2D eigenvalue weighted by Gasteiger charge is -2.14. The first-order valence-electron chi connectivity index (χ1n) is 10.3. The van der Waals surface area contributed by atoms with E-state index in [1.165, 1.54) is 35.0 Å². The van der Waals surface area contributed by atoms with Crippen molar-refractivity contribution in [3.63, 3.8) is 0 Å². The molecule has 0 bridgehead atoms. The van der Waals surface area contributed by atoms with Crippen LogP contribution in [0.1, 0.15) is 60.9 Å². The Balaban J connectivity index is 1.72. The summed E-state index contributed by atoms with van der Waals surface area (Å²) in [4.78, 5) is 12.4. The second-order valence-electron chi connectivity index (χ2n) is 7.87. The van der Waals surface area contributed by atoms with Crippen molar-refractivity contribution in [2.24, 2.45) is 5.92 Å². The summed E-state index contributed by atoms with van der Waals surface area (Å²) < 4.78 is 15.4. The van der Waals surface area contributed by atoms with Crippen LogP contribution in [0.5, 0.6) is 0 Å². The summed E-state index contributed by atoms with van der Waals surface area (Å²) >= 11 is 1.34. The third-order valence-electron chi connectivity index (χ3n) is 5.05. The highest BCUT2D eigenvalue weighted by Gasteiger charge is 2.20. The molecule has 0 aliphatic rings. The van der Waals surface area contributed by atoms with Crippen LogP contribution in [0.2, 0.25) is 0 Å². The zero-order valence-corrected chi connectivity index (χ0v) is 18.7. The minimum absolute atomic E-state index is 0.0961. The van der Waals surface area contributed by atoms with Crippen molar-refractivity contribution in [2.75, 3.05) is 5.75 Å². The lowest BCUT2D eigenvalue weighted by molar-refractivity contribution is 0.102. The molecule has 158 valence electrons. The number of carbonyl (C=O) groups is 1. The van der Waals surface area contributed by atoms with Crippen molar-refractivity contribution in [2.45, 2.75) is 51.7 Å². The quantitative estimate of drug-likeness (QED) is 0.323. The molecule has 0 radical (unpaired) electrons. The number of rotatable bonds is 9. The van der Waals surface area contributed by atoms with Crippen molar-refractivity contribution < 1.29 is 9.18 Å². The highest BCUT2D eigenvalue weighted by Crippen LogP contribution is 2.27. The van der Waals surface area contributed by atoms with Crippen LogP contribution >= 0.6 is 11.8 Å². The Morgan fingerprint density at radius 1 is 1.10 bits per heavy atom. The number of halogens is 1. The first-order valence-corrected chi connectivity index (χ1v) is 11.3. The number of thioether (sulfide) groups is 1. The fourth-order valence-electron chi connectivity index (χ4n) is 3.46. The molecule has 2 aromatic carbocycles. The predicted octanol–water partition coefficient (Wildman–Crippen LogP) is 5.76. The van der Waals surface area contributed by atoms with E-state index in [0.717, 1.165) is 12.2 Å². The zero-order chi connectivity index (χ0) is 21.7. The van der Waals surface area contributed by atoms with Gasteiger partial charge in [-0.1, -0.05) is 68.9 Å². The number of ketones is 1. The topological polar surface area (TPSA) is 47.8 Å². The van der Waals surface area contributed by atoms with Crippen molar-refractivity contribution >= 4 is 17.5 Å². The van der Waals surface area contributed by atoms with Crippen LogP contribution in [0.4, 0.5) is 4.39 Å². The Labute approximate surface area is 181 Å². The van der Waals surface area contributed by atoms with E-state index in [1.807, 2.05) is 6.92 Å². The van der Waals surface area contributed by atoms with Gasteiger partial charge in [0.25, 0.3) is 0 Å². The number of aromatic nitrogens is 3. The second-order valence-corrected chi connectivity index (χ2v) is 8.81. The minimum atomic E-state index is -0.405. The molecule has 4 nitrogen and oxygen atoms in total. The van der Waals surface area contributed by atoms with Crippen LogP contribution in [0.3, 0.4) is 0 Å². The molecule has 3 aromatic rings. The fourth-order valence-corrected chi connectivity index (χ4v) is 4.37. The number of hydrogen-bond donors (Lipinski definition) is 0. The molecule has 0 fully saturated rings. The van der Waals surface area contributed by atoms with Crippen LogP contribution < -0.4 is 0 Å². The Morgan fingerprint density at radius 2 is 1.83 bits per heavy atom. The van der Waals surface area contributed by atoms with Crippen LogP contribution in [0.15, 0.2) is 53.7 Å². The van der Waals surface area contributed by atoms with E-state index in [4.69, 9.17) is 0 Å². The normalized spacial score (nSPS) is 12.3. The van der Waals surface area contributed by atoms with Crippen LogP contribution in [0, 0.1) is 11.7 Å². The molecule has 6 heteroatoms. The van der Waals surface area contributed by atoms with Gasteiger partial charge in [-0.3, -0.25) is 4.79 Å². The van der Waals surface area contributed by atoms with Gasteiger partial charge >= 0.3 is 0 Å². The number of hydrogen-bond acceptors (Lipinski definition) is 4. The number of Topliss-reactive ketones (excluding diaryl/α,β-unsaturated/α-hetero) is 1. The summed E-state index contributed by atoms with van der Waals surface area (Å²) in [5.74, 6) is 1.28. The standard InChI is InChI=1S/C24H28FN3OS/c1-5-28-23(17(4)19-11-9-18(10-12-19)13-16(2)3)26-27-24(28)30-15-22(29)20-7-6-8-21(25)14-20/h6-12,14,16-17H,5,13,15H2,1-4H3. The molecule has 0 saturated carbocycles. The van der Waals surface area contributed by atoms with E-state index < -0.39 is 5.82 Å². The van der Waals surface area contributed by atoms with Gasteiger partial charge in [-0.15, -0.1) is 10.2 Å². The van der Waals surface area contributed by atoms with E-state index in [9.17, 15) is 9.18 Å². The number of nitrogens with zero attached hydrogens (tertiary/aromatic N) is 3. The summed E-state index contributed by atoms with van der Waals surface area (Å²) in [5.41, 5.74) is 2.90. The van der Waals surface area contributed by atoms with Gasteiger partial charge in [0.1, 0.15) is 11.6 Å². The Bertz CT molecular complexity index is 998. The van der Waals surface area contributed by atoms with Crippen molar-refractivity contribution in [1.82, 2.24) is 14.8 Å². The van der Waals surface area contributed by atoms with Gasteiger partial charge in [0.05, 0.1) is 5.75 Å². The summed E-state index contributed by atoms with van der Waals surface area (Å²) in [6.45, 7) is 9.33. The molecule has 0 saturated heterocycles. The SMILES string of the molecule is CCn1c(SCC(=O)c2cccc(F)c2)nnc1C(C)c1ccc(CC(C)C)cc1. The molecule has 3 rings (SSSR count). The molecule has 0 aliphatic heterocycles. The molecular weight excluding hydrogens is 397 g/mol. The van der Waals surface area contributed by atoms with Gasteiger partial charge in [0.15, 0.2) is 10.9 Å². The zero-order valence-electron chi connectivity index (χ0n) is 17.9. The molecule has 1 atom stereocenters. The molecule has 0 spiro atoms. The average molecular weight is 426 g/mol. The second kappa shape index (κ2) is 10.0. The summed E-state index contributed by atoms with van der Waals surface area (Å²) in [7, 11) is 0. The van der Waals surface area contributed by atoms with Gasteiger partial charge in [-0.2, -0.15) is 0 Å². The molecular formula is C24H28FN3OS. The van der Waals surface area contributed by atoms with Gasteiger partial charge in [-0.25, -0.2) is 4.39 Å². The van der Waals surface area contributed by atoms with Crippen molar-refractivity contribution in [3.8, 4) is 0 Å². The number of benzene rings is 2. The molecule has 0 aliphatic carbocycles. The molecule has 1 unspecified atom stereocenters. The van der Waals surface area contributed by atoms with Gasteiger partial charge in [0, 0.05) is 18.0 Å². The lowest BCUT2D eigenvalue weighted by Crippen LogP contribution is -2.09. The predicted molar refractivity (Wildman–Crippen MR) is 120 cm³/mol. The highest BCUT2D eigenvalue weighted by molar-refractivity contribution is 7.99. The maximum absolute atomic E-state index is 13.4. The fraction of sp³-hybridized carbons (Fsp3) is 0.375. The van der Waals surface area contributed by atoms with Crippen molar-refractivity contribution in [3.05, 3.63) is 76.9 Å². The first-order chi connectivity index (χ1) is 14.4. The van der Waals surface area contributed by atoms with E-state index in [0.29, 0.717) is 23.2 Å². The van der Waals surface area contributed by atoms with E-state index >= 15 is 0 Å². The molecule has 0 amide bonds. The van der Waals surface area contributed by atoms with E-state index in [1.54, 1.807) is 12.1 Å². The smallest absolute Gasteiger partial charge is 0.191 e. The van der Waals surface area contributed by atoms with E-state index in [2.05, 4.69) is 59.8 Å². The molecule has 1 heterocycles. The van der Waals surface area contributed by atoms with Crippen LogP contribution in [-0.4, -0.2) is 26.3 Å². The molecule has 1 aromatic heterocycles. The lowest BCUT2D eigenvalue weighted by atomic mass is 9.96.